The standard InChI is InChI=1S/C17H23N5OS/c1-12(2)19-17(23)22-8-7-21(10-15-11-24-13(3)20-15)16-14(9-22)5-4-6-18-16/h4-6,11-12H,7-10H2,1-3H3,(H,19,23). The number of nitrogens with one attached hydrogen (secondary N) is 1. The van der Waals surface area contributed by atoms with E-state index in [0.717, 1.165) is 28.6 Å². The minimum absolute atomic E-state index is 0.0221. The molecule has 2 aromatic rings. The van der Waals surface area contributed by atoms with Crippen LogP contribution < -0.4 is 10.2 Å². The molecule has 1 N–H and O–H groups in total. The first-order chi connectivity index (χ1) is 11.5. The van der Waals surface area contributed by atoms with Gasteiger partial charge in [0.1, 0.15) is 5.82 Å². The number of carbonyl (C=O) groups excluding carboxylic acids is 1. The van der Waals surface area contributed by atoms with Gasteiger partial charge in [-0.2, -0.15) is 0 Å². The van der Waals surface area contributed by atoms with Crippen LogP contribution in [0.2, 0.25) is 0 Å². The van der Waals surface area contributed by atoms with Gasteiger partial charge in [-0.15, -0.1) is 11.3 Å². The molecule has 24 heavy (non-hydrogen) atoms. The van der Waals surface area contributed by atoms with Crippen molar-refractivity contribution in [2.24, 2.45) is 0 Å². The maximum atomic E-state index is 12.4. The topological polar surface area (TPSA) is 61.4 Å². The average Bonchev–Trinajstić information content (AvgIpc) is 2.85. The first kappa shape index (κ1) is 16.7. The predicted octanol–water partition coefficient (Wildman–Crippen LogP) is 2.79. The first-order valence-corrected chi connectivity index (χ1v) is 9.06. The Bertz CT molecular complexity index is 715. The van der Waals surface area contributed by atoms with Crippen molar-refractivity contribution < 1.29 is 4.79 Å². The van der Waals surface area contributed by atoms with Crippen LogP contribution in [-0.2, 0) is 13.1 Å². The third-order valence-electron chi connectivity index (χ3n) is 3.89. The van der Waals surface area contributed by atoms with E-state index in [0.29, 0.717) is 19.6 Å². The van der Waals surface area contributed by atoms with Crippen LogP contribution in [0.15, 0.2) is 23.7 Å². The molecule has 0 bridgehead atoms. The van der Waals surface area contributed by atoms with E-state index in [-0.39, 0.29) is 12.1 Å². The van der Waals surface area contributed by atoms with Crippen LogP contribution in [0.4, 0.5) is 10.6 Å². The zero-order valence-electron chi connectivity index (χ0n) is 14.3. The summed E-state index contributed by atoms with van der Waals surface area (Å²) in [5, 5.41) is 6.13. The number of thiazole rings is 1. The fourth-order valence-electron chi connectivity index (χ4n) is 2.81. The van der Waals surface area contributed by atoms with Crippen LogP contribution in [-0.4, -0.2) is 40.0 Å². The van der Waals surface area contributed by atoms with Gasteiger partial charge in [0.25, 0.3) is 0 Å². The molecule has 0 unspecified atom stereocenters. The molecule has 2 amide bonds. The zero-order chi connectivity index (χ0) is 17.1. The third-order valence-corrected chi connectivity index (χ3v) is 4.71. The van der Waals surface area contributed by atoms with Crippen LogP contribution >= 0.6 is 11.3 Å². The molecule has 0 atom stereocenters. The minimum Gasteiger partial charge on any atom is -0.349 e. The molecule has 0 saturated carbocycles. The third kappa shape index (κ3) is 3.84. The largest absolute Gasteiger partial charge is 0.349 e. The van der Waals surface area contributed by atoms with Gasteiger partial charge in [0.05, 0.1) is 23.8 Å². The van der Waals surface area contributed by atoms with Crippen molar-refractivity contribution in [2.45, 2.75) is 39.9 Å². The van der Waals surface area contributed by atoms with E-state index in [1.165, 1.54) is 0 Å². The van der Waals surface area contributed by atoms with Gasteiger partial charge in [0, 0.05) is 36.3 Å². The number of urea groups is 1. The lowest BCUT2D eigenvalue weighted by molar-refractivity contribution is 0.195. The summed E-state index contributed by atoms with van der Waals surface area (Å²) < 4.78 is 0. The Morgan fingerprint density at radius 1 is 1.42 bits per heavy atom. The summed E-state index contributed by atoms with van der Waals surface area (Å²) in [5.74, 6) is 0.947. The van der Waals surface area contributed by atoms with Gasteiger partial charge < -0.3 is 15.1 Å². The number of rotatable bonds is 3. The van der Waals surface area contributed by atoms with Crippen LogP contribution in [0.3, 0.4) is 0 Å². The van der Waals surface area contributed by atoms with Crippen LogP contribution in [0.5, 0.6) is 0 Å². The van der Waals surface area contributed by atoms with Crippen molar-refractivity contribution in [1.29, 1.82) is 0 Å². The first-order valence-electron chi connectivity index (χ1n) is 8.18. The van der Waals surface area contributed by atoms with E-state index in [1.54, 1.807) is 11.3 Å². The number of anilines is 1. The molecule has 0 aromatic carbocycles. The Hall–Kier alpha value is -2.15. The molecule has 2 aromatic heterocycles. The van der Waals surface area contributed by atoms with E-state index in [2.05, 4.69) is 25.6 Å². The van der Waals surface area contributed by atoms with Gasteiger partial charge >= 0.3 is 6.03 Å². The van der Waals surface area contributed by atoms with E-state index in [9.17, 15) is 4.79 Å². The fraction of sp³-hybridized carbons (Fsp3) is 0.471. The Kier molecular flexibility index (Phi) is 4.99. The monoisotopic (exact) mass is 345 g/mol. The Labute approximate surface area is 146 Å². The highest BCUT2D eigenvalue weighted by Gasteiger charge is 2.24. The number of nitrogens with zero attached hydrogens (tertiary/aromatic N) is 4. The van der Waals surface area contributed by atoms with E-state index < -0.39 is 0 Å². The molecule has 6 nitrogen and oxygen atoms in total. The normalized spacial score (nSPS) is 14.5. The second kappa shape index (κ2) is 7.17. The summed E-state index contributed by atoms with van der Waals surface area (Å²) in [5.41, 5.74) is 2.12. The van der Waals surface area contributed by atoms with Gasteiger partial charge in [-0.05, 0) is 26.8 Å². The minimum atomic E-state index is -0.0221. The zero-order valence-corrected chi connectivity index (χ0v) is 15.1. The van der Waals surface area contributed by atoms with Gasteiger partial charge in [0.2, 0.25) is 0 Å². The molecular weight excluding hydrogens is 322 g/mol. The lowest BCUT2D eigenvalue weighted by Crippen LogP contribution is -2.44. The van der Waals surface area contributed by atoms with Crippen LogP contribution in [0, 0.1) is 6.92 Å². The lowest BCUT2D eigenvalue weighted by atomic mass is 10.2. The molecule has 3 heterocycles. The number of aromatic nitrogens is 2. The number of carbonyl (C=O) groups is 1. The van der Waals surface area contributed by atoms with Crippen LogP contribution in [0.25, 0.3) is 0 Å². The summed E-state index contributed by atoms with van der Waals surface area (Å²) in [6.07, 6.45) is 1.81. The van der Waals surface area contributed by atoms with E-state index in [1.807, 2.05) is 44.0 Å². The summed E-state index contributed by atoms with van der Waals surface area (Å²) in [7, 11) is 0. The predicted molar refractivity (Wildman–Crippen MR) is 96.2 cm³/mol. The van der Waals surface area contributed by atoms with Gasteiger partial charge in [-0.1, -0.05) is 6.07 Å². The summed E-state index contributed by atoms with van der Waals surface area (Å²) in [6.45, 7) is 8.66. The second-order valence-corrected chi connectivity index (χ2v) is 7.35. The number of pyridine rings is 1. The highest BCUT2D eigenvalue weighted by Crippen LogP contribution is 2.24. The molecule has 0 spiro atoms. The maximum Gasteiger partial charge on any atom is 0.317 e. The van der Waals surface area contributed by atoms with Gasteiger partial charge in [-0.3, -0.25) is 0 Å². The molecule has 3 rings (SSSR count). The fourth-order valence-corrected chi connectivity index (χ4v) is 3.42. The van der Waals surface area contributed by atoms with Gasteiger partial charge in [0.15, 0.2) is 0 Å². The Morgan fingerprint density at radius 2 is 2.25 bits per heavy atom. The lowest BCUT2D eigenvalue weighted by Gasteiger charge is -2.24. The van der Waals surface area contributed by atoms with Crippen molar-refractivity contribution in [3.05, 3.63) is 40.0 Å². The summed E-state index contributed by atoms with van der Waals surface area (Å²) in [4.78, 5) is 25.6. The van der Waals surface area contributed by atoms with Crippen molar-refractivity contribution in [1.82, 2.24) is 20.2 Å². The highest BCUT2D eigenvalue weighted by atomic mass is 32.1. The molecule has 0 fully saturated rings. The molecule has 0 aliphatic carbocycles. The maximum absolute atomic E-state index is 12.4. The van der Waals surface area contributed by atoms with Crippen molar-refractivity contribution >= 4 is 23.2 Å². The molecule has 1 aliphatic heterocycles. The number of amides is 2. The number of hydrogen-bond donors (Lipinski definition) is 1. The molecule has 0 saturated heterocycles. The number of fused-ring (bicyclic) bond motifs is 1. The van der Waals surface area contributed by atoms with Crippen LogP contribution in [0.1, 0.15) is 30.1 Å². The number of hydrogen-bond acceptors (Lipinski definition) is 5. The van der Waals surface area contributed by atoms with E-state index in [4.69, 9.17) is 0 Å². The Morgan fingerprint density at radius 3 is 2.96 bits per heavy atom. The highest BCUT2D eigenvalue weighted by molar-refractivity contribution is 7.09. The molecule has 128 valence electrons. The van der Waals surface area contributed by atoms with Crippen molar-refractivity contribution in [3.63, 3.8) is 0 Å². The average molecular weight is 345 g/mol. The van der Waals surface area contributed by atoms with Crippen molar-refractivity contribution in [3.8, 4) is 0 Å². The van der Waals surface area contributed by atoms with Gasteiger partial charge in [-0.25, -0.2) is 14.8 Å². The summed E-state index contributed by atoms with van der Waals surface area (Å²) >= 11 is 1.66. The molecule has 1 aliphatic rings. The quantitative estimate of drug-likeness (QED) is 0.929. The van der Waals surface area contributed by atoms with Crippen molar-refractivity contribution in [2.75, 3.05) is 18.0 Å². The molecule has 7 heteroatoms. The number of aryl methyl sites for hydroxylation is 1. The second-order valence-electron chi connectivity index (χ2n) is 6.29. The Balaban J connectivity index is 1.81. The van der Waals surface area contributed by atoms with E-state index >= 15 is 0 Å². The molecule has 0 radical (unpaired) electrons. The summed E-state index contributed by atoms with van der Waals surface area (Å²) in [6, 6.07) is 4.07. The SMILES string of the molecule is Cc1nc(CN2CCN(C(=O)NC(C)C)Cc3cccnc32)cs1. The smallest absolute Gasteiger partial charge is 0.317 e. The molecular formula is C17H23N5OS.